The van der Waals surface area contributed by atoms with Gasteiger partial charge in [0, 0.05) is 11.8 Å². The summed E-state index contributed by atoms with van der Waals surface area (Å²) >= 11 is 0. The molecule has 1 aromatic carbocycles. The third kappa shape index (κ3) is 4.91. The number of para-hydroxylation sites is 1. The second kappa shape index (κ2) is 7.84. The zero-order valence-electron chi connectivity index (χ0n) is 12.7. The van der Waals surface area contributed by atoms with Crippen LogP contribution in [0.15, 0.2) is 59.1 Å². The number of aryl methyl sites for hydroxylation is 1. The normalized spacial score (nSPS) is 13.5. The third-order valence-electron chi connectivity index (χ3n) is 3.70. The first-order valence-electron chi connectivity index (χ1n) is 7.63. The molecule has 1 aromatic heterocycles. The van der Waals surface area contributed by atoms with Gasteiger partial charge in [-0.15, -0.1) is 6.58 Å². The van der Waals surface area contributed by atoms with E-state index in [2.05, 4.69) is 31.7 Å². The number of rotatable bonds is 8. The second-order valence-corrected chi connectivity index (χ2v) is 5.53. The number of hydrogen-bond acceptors (Lipinski definition) is 2. The maximum absolute atomic E-state index is 9.41. The lowest BCUT2D eigenvalue weighted by molar-refractivity contribution is 0.210. The maximum atomic E-state index is 9.41. The van der Waals surface area contributed by atoms with E-state index in [0.29, 0.717) is 0 Å². The van der Waals surface area contributed by atoms with Crippen molar-refractivity contribution in [3.8, 4) is 0 Å². The first kappa shape index (κ1) is 15.6. The number of allylic oxidation sites excluding steroid dienone is 2. The van der Waals surface area contributed by atoms with Crippen LogP contribution in [0.5, 0.6) is 0 Å². The summed E-state index contributed by atoms with van der Waals surface area (Å²) in [6.07, 6.45) is 8.25. The van der Waals surface area contributed by atoms with Crippen LogP contribution in [0.4, 0.5) is 0 Å². The minimum Gasteiger partial charge on any atom is -0.461 e. The average Bonchev–Trinajstić information content (AvgIpc) is 2.89. The Balaban J connectivity index is 1.77. The van der Waals surface area contributed by atoms with Gasteiger partial charge in [-0.2, -0.15) is 0 Å². The van der Waals surface area contributed by atoms with Gasteiger partial charge in [0.05, 0.1) is 6.10 Å². The fraction of sp³-hybridized carbons (Fsp3) is 0.368. The quantitative estimate of drug-likeness (QED) is 0.690. The van der Waals surface area contributed by atoms with E-state index in [0.717, 1.165) is 43.4 Å². The SMILES string of the molecule is C=CC(O)CCC/C(C)=C/CCc1cc2ccccc2o1. The van der Waals surface area contributed by atoms with Gasteiger partial charge in [-0.3, -0.25) is 0 Å². The van der Waals surface area contributed by atoms with Crippen LogP contribution < -0.4 is 0 Å². The van der Waals surface area contributed by atoms with Crippen LogP contribution in [0.2, 0.25) is 0 Å². The zero-order chi connectivity index (χ0) is 15.1. The molecule has 0 saturated heterocycles. The summed E-state index contributed by atoms with van der Waals surface area (Å²) in [5.41, 5.74) is 2.34. The highest BCUT2D eigenvalue weighted by Crippen LogP contribution is 2.20. The molecule has 0 bridgehead atoms. The van der Waals surface area contributed by atoms with Gasteiger partial charge in [0.15, 0.2) is 0 Å². The van der Waals surface area contributed by atoms with Gasteiger partial charge in [-0.1, -0.05) is 35.9 Å². The summed E-state index contributed by atoms with van der Waals surface area (Å²) in [6, 6.07) is 10.2. The van der Waals surface area contributed by atoms with Gasteiger partial charge < -0.3 is 9.52 Å². The Bertz CT molecular complexity index is 574. The van der Waals surface area contributed by atoms with Crippen molar-refractivity contribution >= 4 is 11.0 Å². The van der Waals surface area contributed by atoms with Crippen molar-refractivity contribution in [2.24, 2.45) is 0 Å². The Labute approximate surface area is 126 Å². The molecule has 0 aliphatic heterocycles. The lowest BCUT2D eigenvalue weighted by atomic mass is 10.1. The van der Waals surface area contributed by atoms with Crippen molar-refractivity contribution in [3.05, 3.63) is 60.4 Å². The van der Waals surface area contributed by atoms with Crippen molar-refractivity contribution in [3.63, 3.8) is 0 Å². The molecule has 112 valence electrons. The van der Waals surface area contributed by atoms with Gasteiger partial charge in [0.1, 0.15) is 11.3 Å². The van der Waals surface area contributed by atoms with Crippen molar-refractivity contribution in [1.29, 1.82) is 0 Å². The van der Waals surface area contributed by atoms with E-state index in [-0.39, 0.29) is 6.10 Å². The number of fused-ring (bicyclic) bond motifs is 1. The van der Waals surface area contributed by atoms with E-state index in [9.17, 15) is 5.11 Å². The molecule has 1 unspecified atom stereocenters. The predicted molar refractivity (Wildman–Crippen MR) is 88.3 cm³/mol. The highest BCUT2D eigenvalue weighted by atomic mass is 16.3. The van der Waals surface area contributed by atoms with Crippen LogP contribution in [0.3, 0.4) is 0 Å². The predicted octanol–water partition coefficient (Wildman–Crippen LogP) is 5.03. The van der Waals surface area contributed by atoms with Crippen molar-refractivity contribution in [2.75, 3.05) is 0 Å². The van der Waals surface area contributed by atoms with E-state index in [1.807, 2.05) is 18.2 Å². The Kier molecular flexibility index (Phi) is 5.82. The zero-order valence-corrected chi connectivity index (χ0v) is 12.7. The van der Waals surface area contributed by atoms with Crippen LogP contribution in [-0.4, -0.2) is 11.2 Å². The van der Waals surface area contributed by atoms with Crippen LogP contribution in [0.25, 0.3) is 11.0 Å². The molecule has 0 fully saturated rings. The fourth-order valence-corrected chi connectivity index (χ4v) is 2.43. The Hall–Kier alpha value is -1.80. The maximum Gasteiger partial charge on any atom is 0.134 e. The van der Waals surface area contributed by atoms with E-state index in [4.69, 9.17) is 4.42 Å². The van der Waals surface area contributed by atoms with Crippen molar-refractivity contribution in [1.82, 2.24) is 0 Å². The number of furan rings is 1. The van der Waals surface area contributed by atoms with Crippen LogP contribution >= 0.6 is 0 Å². The molecular formula is C19H24O2. The highest BCUT2D eigenvalue weighted by molar-refractivity contribution is 5.77. The van der Waals surface area contributed by atoms with Gasteiger partial charge in [0.25, 0.3) is 0 Å². The molecule has 21 heavy (non-hydrogen) atoms. The first-order valence-corrected chi connectivity index (χ1v) is 7.63. The van der Waals surface area contributed by atoms with Crippen molar-refractivity contribution in [2.45, 2.75) is 45.1 Å². The summed E-state index contributed by atoms with van der Waals surface area (Å²) < 4.78 is 5.80. The molecule has 0 saturated carbocycles. The molecular weight excluding hydrogens is 260 g/mol. The minimum atomic E-state index is -0.367. The monoisotopic (exact) mass is 284 g/mol. The van der Waals surface area contributed by atoms with Gasteiger partial charge in [-0.05, 0) is 44.7 Å². The Morgan fingerprint density at radius 3 is 2.95 bits per heavy atom. The Morgan fingerprint density at radius 2 is 2.19 bits per heavy atom. The molecule has 1 N–H and O–H groups in total. The van der Waals surface area contributed by atoms with Crippen LogP contribution in [0.1, 0.15) is 38.4 Å². The molecule has 0 spiro atoms. The molecule has 2 nitrogen and oxygen atoms in total. The van der Waals surface area contributed by atoms with Crippen LogP contribution in [0, 0.1) is 0 Å². The van der Waals surface area contributed by atoms with Crippen molar-refractivity contribution < 1.29 is 9.52 Å². The molecule has 2 aromatic rings. The first-order chi connectivity index (χ1) is 10.2. The van der Waals surface area contributed by atoms with E-state index < -0.39 is 0 Å². The van der Waals surface area contributed by atoms with E-state index in [1.165, 1.54) is 11.0 Å². The largest absolute Gasteiger partial charge is 0.461 e. The second-order valence-electron chi connectivity index (χ2n) is 5.53. The number of aliphatic hydroxyl groups excluding tert-OH is 1. The number of aliphatic hydroxyl groups is 1. The lowest BCUT2D eigenvalue weighted by Crippen LogP contribution is -2.00. The summed E-state index contributed by atoms with van der Waals surface area (Å²) in [7, 11) is 0. The van der Waals surface area contributed by atoms with E-state index >= 15 is 0 Å². The van der Waals surface area contributed by atoms with Gasteiger partial charge >= 0.3 is 0 Å². The minimum absolute atomic E-state index is 0.367. The van der Waals surface area contributed by atoms with Gasteiger partial charge in [-0.25, -0.2) is 0 Å². The summed E-state index contributed by atoms with van der Waals surface area (Å²) in [5, 5.41) is 10.6. The topological polar surface area (TPSA) is 33.4 Å². The summed E-state index contributed by atoms with van der Waals surface area (Å²) in [5.74, 6) is 1.04. The van der Waals surface area contributed by atoms with Crippen LogP contribution in [-0.2, 0) is 6.42 Å². The molecule has 2 rings (SSSR count). The third-order valence-corrected chi connectivity index (χ3v) is 3.70. The Morgan fingerprint density at radius 1 is 1.38 bits per heavy atom. The average molecular weight is 284 g/mol. The summed E-state index contributed by atoms with van der Waals surface area (Å²) in [6.45, 7) is 5.74. The molecule has 2 heteroatoms. The molecule has 0 amide bonds. The standard InChI is InChI=1S/C19H24O2/c1-3-17(20)11-6-8-15(2)9-7-12-18-14-16-10-4-5-13-19(16)21-18/h3-5,9-10,13-14,17,20H,1,6-8,11-12H2,2H3/b15-9+. The van der Waals surface area contributed by atoms with Gasteiger partial charge in [0.2, 0.25) is 0 Å². The molecule has 0 aliphatic rings. The number of benzene rings is 1. The lowest BCUT2D eigenvalue weighted by Gasteiger charge is -2.05. The highest BCUT2D eigenvalue weighted by Gasteiger charge is 2.02. The fourth-order valence-electron chi connectivity index (χ4n) is 2.43. The van der Waals surface area contributed by atoms with E-state index in [1.54, 1.807) is 6.08 Å². The molecule has 1 heterocycles. The molecule has 1 atom stereocenters. The molecule has 0 radical (unpaired) electrons. The molecule has 0 aliphatic carbocycles. The summed E-state index contributed by atoms with van der Waals surface area (Å²) in [4.78, 5) is 0. The number of hydrogen-bond donors (Lipinski definition) is 1. The smallest absolute Gasteiger partial charge is 0.134 e.